The van der Waals surface area contributed by atoms with E-state index in [-0.39, 0.29) is 11.7 Å². The lowest BCUT2D eigenvalue weighted by atomic mass is 10.1. The Morgan fingerprint density at radius 3 is 2.08 bits per heavy atom. The minimum absolute atomic E-state index is 0.0378. The Morgan fingerprint density at radius 1 is 0.806 bits per heavy atom. The largest absolute Gasteiger partial charge is 0.283 e. The zero-order valence-corrected chi connectivity index (χ0v) is 21.4. The molecule has 0 N–H and O–H groups in total. The summed E-state index contributed by atoms with van der Waals surface area (Å²) in [5.74, 6) is 0.175. The molecule has 5 rings (SSSR count). The predicted molar refractivity (Wildman–Crippen MR) is 148 cm³/mol. The smallest absolute Gasteiger partial charge is 0.239 e. The van der Waals surface area contributed by atoms with E-state index in [0.717, 1.165) is 33.8 Å². The Morgan fingerprint density at radius 2 is 1.42 bits per heavy atom. The van der Waals surface area contributed by atoms with Gasteiger partial charge in [-0.05, 0) is 18.6 Å². The molecule has 5 aromatic rings. The summed E-state index contributed by atoms with van der Waals surface area (Å²) in [6.07, 6.45) is 0. The number of carbonyl (C=O) groups excluding carboxylic acids is 1. The minimum Gasteiger partial charge on any atom is -0.283 e. The van der Waals surface area contributed by atoms with Crippen LogP contribution in [0, 0.1) is 6.92 Å². The summed E-state index contributed by atoms with van der Waals surface area (Å²) >= 11 is 2.83. The summed E-state index contributed by atoms with van der Waals surface area (Å²) in [7, 11) is 0. The highest BCUT2D eigenvalue weighted by Crippen LogP contribution is 2.30. The lowest BCUT2D eigenvalue weighted by Gasteiger charge is -2.20. The first-order chi connectivity index (χ1) is 17.7. The van der Waals surface area contributed by atoms with Gasteiger partial charge in [-0.2, -0.15) is 0 Å². The molecule has 0 unspecified atom stereocenters. The zero-order chi connectivity index (χ0) is 24.7. The molecule has 5 nitrogen and oxygen atoms in total. The van der Waals surface area contributed by atoms with E-state index in [1.165, 1.54) is 23.1 Å². The van der Waals surface area contributed by atoms with Crippen molar-refractivity contribution >= 4 is 34.1 Å². The van der Waals surface area contributed by atoms with Crippen LogP contribution in [0.25, 0.3) is 22.5 Å². The quantitative estimate of drug-likeness (QED) is 0.169. The fourth-order valence-electron chi connectivity index (χ4n) is 3.73. The molecule has 1 amide bonds. The minimum atomic E-state index is -0.0378. The standard InChI is InChI=1S/C29H24N4OS2/c1-21-17-25(23-13-7-3-8-14-23)31-28(30-21)35-20-27(34)33(18-22-11-5-2-6-12-22)29-32-26(19-36-29)24-15-9-4-10-16-24/h2-17,19H,18,20H2,1H3. The first-order valence-electron chi connectivity index (χ1n) is 11.5. The van der Waals surface area contributed by atoms with Gasteiger partial charge in [0, 0.05) is 22.2 Å². The van der Waals surface area contributed by atoms with Crippen molar-refractivity contribution in [1.29, 1.82) is 0 Å². The number of rotatable bonds is 8. The van der Waals surface area contributed by atoms with Crippen molar-refractivity contribution in [3.63, 3.8) is 0 Å². The van der Waals surface area contributed by atoms with Crippen LogP contribution in [0.3, 0.4) is 0 Å². The lowest BCUT2D eigenvalue weighted by molar-refractivity contribution is -0.116. The number of hydrogen-bond donors (Lipinski definition) is 0. The van der Waals surface area contributed by atoms with Crippen LogP contribution in [0.5, 0.6) is 0 Å². The number of carbonyl (C=O) groups is 1. The van der Waals surface area contributed by atoms with Gasteiger partial charge >= 0.3 is 0 Å². The van der Waals surface area contributed by atoms with Gasteiger partial charge in [0.15, 0.2) is 10.3 Å². The fraction of sp³-hybridized carbons (Fsp3) is 0.103. The Balaban J connectivity index is 1.37. The van der Waals surface area contributed by atoms with Gasteiger partial charge in [0.2, 0.25) is 5.91 Å². The van der Waals surface area contributed by atoms with Crippen LogP contribution >= 0.6 is 23.1 Å². The van der Waals surface area contributed by atoms with E-state index >= 15 is 0 Å². The number of thioether (sulfide) groups is 1. The van der Waals surface area contributed by atoms with Gasteiger partial charge < -0.3 is 0 Å². The van der Waals surface area contributed by atoms with Crippen molar-refractivity contribution in [2.75, 3.05) is 10.7 Å². The second kappa shape index (κ2) is 11.3. The molecule has 0 radical (unpaired) electrons. The summed E-state index contributed by atoms with van der Waals surface area (Å²) in [5, 5.41) is 3.27. The van der Waals surface area contributed by atoms with Gasteiger partial charge in [0.05, 0.1) is 23.7 Å². The topological polar surface area (TPSA) is 59.0 Å². The van der Waals surface area contributed by atoms with Crippen LogP contribution in [0.2, 0.25) is 0 Å². The first-order valence-corrected chi connectivity index (χ1v) is 13.4. The van der Waals surface area contributed by atoms with Crippen molar-refractivity contribution < 1.29 is 4.79 Å². The molecule has 0 atom stereocenters. The number of aromatic nitrogens is 3. The monoisotopic (exact) mass is 508 g/mol. The van der Waals surface area contributed by atoms with Crippen molar-refractivity contribution in [2.24, 2.45) is 0 Å². The number of anilines is 1. The second-order valence-corrected chi connectivity index (χ2v) is 9.96. The van der Waals surface area contributed by atoms with E-state index < -0.39 is 0 Å². The number of nitrogens with zero attached hydrogens (tertiary/aromatic N) is 4. The van der Waals surface area contributed by atoms with E-state index in [4.69, 9.17) is 9.97 Å². The second-order valence-electron chi connectivity index (χ2n) is 8.18. The molecule has 0 spiro atoms. The van der Waals surface area contributed by atoms with E-state index in [0.29, 0.717) is 16.8 Å². The summed E-state index contributed by atoms with van der Waals surface area (Å²) in [6.45, 7) is 2.40. The Labute approximate surface area is 218 Å². The van der Waals surface area contributed by atoms with E-state index in [1.54, 1.807) is 4.90 Å². The number of amides is 1. The molecule has 2 aromatic heterocycles. The maximum absolute atomic E-state index is 13.5. The molecule has 178 valence electrons. The molecule has 2 heterocycles. The SMILES string of the molecule is Cc1cc(-c2ccccc2)nc(SCC(=O)N(Cc2ccccc2)c2nc(-c3ccccc3)cs2)n1. The normalized spacial score (nSPS) is 10.8. The van der Waals surface area contributed by atoms with Crippen molar-refractivity contribution in [3.8, 4) is 22.5 Å². The van der Waals surface area contributed by atoms with Gasteiger partial charge in [-0.3, -0.25) is 9.69 Å². The van der Waals surface area contributed by atoms with Crippen molar-refractivity contribution in [2.45, 2.75) is 18.6 Å². The van der Waals surface area contributed by atoms with Crippen LogP contribution < -0.4 is 4.90 Å². The van der Waals surface area contributed by atoms with Crippen LogP contribution in [0.4, 0.5) is 5.13 Å². The lowest BCUT2D eigenvalue weighted by Crippen LogP contribution is -2.32. The van der Waals surface area contributed by atoms with Crippen molar-refractivity contribution in [1.82, 2.24) is 15.0 Å². The van der Waals surface area contributed by atoms with Gasteiger partial charge in [-0.15, -0.1) is 11.3 Å². The highest BCUT2D eigenvalue weighted by Gasteiger charge is 2.21. The fourth-order valence-corrected chi connectivity index (χ4v) is 5.36. The van der Waals surface area contributed by atoms with Gasteiger partial charge in [-0.25, -0.2) is 15.0 Å². The highest BCUT2D eigenvalue weighted by atomic mass is 32.2. The number of thiazole rings is 1. The van der Waals surface area contributed by atoms with Gasteiger partial charge in [0.1, 0.15) is 0 Å². The third-order valence-electron chi connectivity index (χ3n) is 5.51. The summed E-state index contributed by atoms with van der Waals surface area (Å²) < 4.78 is 0. The van der Waals surface area contributed by atoms with Crippen molar-refractivity contribution in [3.05, 3.63) is 114 Å². The van der Waals surface area contributed by atoms with Crippen LogP contribution in [0.15, 0.2) is 108 Å². The zero-order valence-electron chi connectivity index (χ0n) is 19.7. The van der Waals surface area contributed by atoms with E-state index in [9.17, 15) is 4.79 Å². The molecule has 0 saturated heterocycles. The Hall–Kier alpha value is -3.81. The molecule has 0 aliphatic carbocycles. The average molecular weight is 509 g/mol. The van der Waals surface area contributed by atoms with Gasteiger partial charge in [-0.1, -0.05) is 103 Å². The summed E-state index contributed by atoms with van der Waals surface area (Å²) in [5.41, 5.74) is 5.69. The molecule has 7 heteroatoms. The Kier molecular flexibility index (Phi) is 7.50. The highest BCUT2D eigenvalue weighted by molar-refractivity contribution is 7.99. The maximum atomic E-state index is 13.5. The van der Waals surface area contributed by atoms with E-state index in [2.05, 4.69) is 4.98 Å². The summed E-state index contributed by atoms with van der Waals surface area (Å²) in [6, 6.07) is 32.0. The van der Waals surface area contributed by atoms with Crippen LogP contribution in [-0.2, 0) is 11.3 Å². The molecule has 3 aromatic carbocycles. The number of benzene rings is 3. The molecule has 0 aliphatic rings. The molecule has 0 aliphatic heterocycles. The molecular weight excluding hydrogens is 484 g/mol. The number of aryl methyl sites for hydroxylation is 1. The maximum Gasteiger partial charge on any atom is 0.239 e. The molecule has 0 bridgehead atoms. The molecule has 0 saturated carbocycles. The average Bonchev–Trinajstić information content (AvgIpc) is 3.42. The number of hydrogen-bond acceptors (Lipinski definition) is 6. The Bertz CT molecular complexity index is 1440. The van der Waals surface area contributed by atoms with Gasteiger partial charge in [0.25, 0.3) is 0 Å². The van der Waals surface area contributed by atoms with E-state index in [1.807, 2.05) is 109 Å². The van der Waals surface area contributed by atoms with Crippen LogP contribution in [-0.4, -0.2) is 26.6 Å². The first kappa shape index (κ1) is 23.9. The summed E-state index contributed by atoms with van der Waals surface area (Å²) in [4.78, 5) is 29.3. The third kappa shape index (κ3) is 5.87. The van der Waals surface area contributed by atoms with Crippen LogP contribution in [0.1, 0.15) is 11.3 Å². The third-order valence-corrected chi connectivity index (χ3v) is 7.20. The molecule has 0 fully saturated rings. The molecule has 36 heavy (non-hydrogen) atoms. The predicted octanol–water partition coefficient (Wildman–Crippen LogP) is 6.90. The molecular formula is C29H24N4OS2.